The molecule has 2 rings (SSSR count). The number of carbonyl (C=O) groups is 1. The lowest BCUT2D eigenvalue weighted by molar-refractivity contribution is 0.0697. The number of aromatic nitrogens is 1. The van der Waals surface area contributed by atoms with Gasteiger partial charge in [0.1, 0.15) is 10.8 Å². The van der Waals surface area contributed by atoms with Gasteiger partial charge in [0, 0.05) is 17.1 Å². The number of thiazole rings is 1. The van der Waals surface area contributed by atoms with E-state index >= 15 is 0 Å². The Hall–Kier alpha value is -1.88. The molecule has 0 aliphatic rings. The van der Waals surface area contributed by atoms with Crippen molar-refractivity contribution in [1.82, 2.24) is 4.98 Å². The van der Waals surface area contributed by atoms with Gasteiger partial charge in [-0.05, 0) is 18.2 Å². The molecule has 5 heteroatoms. The van der Waals surface area contributed by atoms with Gasteiger partial charge in [0.05, 0.1) is 12.7 Å². The van der Waals surface area contributed by atoms with Crippen LogP contribution in [0, 0.1) is 0 Å². The third-order valence-electron chi connectivity index (χ3n) is 2.12. The van der Waals surface area contributed by atoms with Gasteiger partial charge in [0.2, 0.25) is 0 Å². The van der Waals surface area contributed by atoms with Crippen molar-refractivity contribution in [3.63, 3.8) is 0 Å². The van der Waals surface area contributed by atoms with Crippen LogP contribution >= 0.6 is 11.3 Å². The lowest BCUT2D eigenvalue weighted by Gasteiger charge is -2.05. The molecule has 1 N–H and O–H groups in total. The number of ether oxygens (including phenoxy) is 1. The molecular formula is C11H9NO3S. The van der Waals surface area contributed by atoms with E-state index < -0.39 is 5.97 Å². The first-order valence-electron chi connectivity index (χ1n) is 4.53. The molecule has 0 saturated heterocycles. The van der Waals surface area contributed by atoms with Crippen molar-refractivity contribution in [2.45, 2.75) is 0 Å². The quantitative estimate of drug-likeness (QED) is 0.888. The normalized spacial score (nSPS) is 10.1. The fourth-order valence-corrected chi connectivity index (χ4v) is 2.05. The molecule has 0 spiro atoms. The Morgan fingerprint density at radius 2 is 2.31 bits per heavy atom. The molecule has 0 amide bonds. The SMILES string of the molecule is COc1ccc(-c2nccs2)c(C(=O)O)c1. The number of rotatable bonds is 3. The lowest BCUT2D eigenvalue weighted by atomic mass is 10.1. The van der Waals surface area contributed by atoms with E-state index in [9.17, 15) is 4.79 Å². The summed E-state index contributed by atoms with van der Waals surface area (Å²) >= 11 is 1.41. The van der Waals surface area contributed by atoms with Crippen LogP contribution in [0.25, 0.3) is 10.6 Å². The molecule has 1 heterocycles. The lowest BCUT2D eigenvalue weighted by Crippen LogP contribution is -2.00. The summed E-state index contributed by atoms with van der Waals surface area (Å²) in [6.07, 6.45) is 1.65. The van der Waals surface area contributed by atoms with Crippen molar-refractivity contribution < 1.29 is 14.6 Å². The van der Waals surface area contributed by atoms with E-state index in [-0.39, 0.29) is 5.56 Å². The zero-order valence-corrected chi connectivity index (χ0v) is 9.32. The average molecular weight is 235 g/mol. The van der Waals surface area contributed by atoms with E-state index in [4.69, 9.17) is 9.84 Å². The van der Waals surface area contributed by atoms with Crippen LogP contribution < -0.4 is 4.74 Å². The molecule has 2 aromatic rings. The Labute approximate surface area is 96.1 Å². The largest absolute Gasteiger partial charge is 0.497 e. The van der Waals surface area contributed by atoms with Crippen molar-refractivity contribution in [2.75, 3.05) is 7.11 Å². The second-order valence-corrected chi connectivity index (χ2v) is 3.95. The first-order chi connectivity index (χ1) is 7.72. The topological polar surface area (TPSA) is 59.4 Å². The van der Waals surface area contributed by atoms with Gasteiger partial charge in [0.25, 0.3) is 0 Å². The van der Waals surface area contributed by atoms with Crippen LogP contribution in [-0.2, 0) is 0 Å². The summed E-state index contributed by atoms with van der Waals surface area (Å²) < 4.78 is 5.00. The summed E-state index contributed by atoms with van der Waals surface area (Å²) in [6, 6.07) is 4.93. The van der Waals surface area contributed by atoms with Gasteiger partial charge in [-0.15, -0.1) is 11.3 Å². The van der Waals surface area contributed by atoms with Crippen LogP contribution in [0.15, 0.2) is 29.8 Å². The van der Waals surface area contributed by atoms with Gasteiger partial charge in [-0.2, -0.15) is 0 Å². The van der Waals surface area contributed by atoms with Crippen LogP contribution in [0.4, 0.5) is 0 Å². The van der Waals surface area contributed by atoms with Crippen LogP contribution in [0.1, 0.15) is 10.4 Å². The Morgan fingerprint density at radius 3 is 2.88 bits per heavy atom. The Morgan fingerprint density at radius 1 is 1.50 bits per heavy atom. The minimum absolute atomic E-state index is 0.203. The maximum atomic E-state index is 11.1. The minimum Gasteiger partial charge on any atom is -0.497 e. The molecule has 0 unspecified atom stereocenters. The highest BCUT2D eigenvalue weighted by molar-refractivity contribution is 7.13. The molecule has 0 saturated carbocycles. The van der Waals surface area contributed by atoms with Crippen molar-refractivity contribution >= 4 is 17.3 Å². The van der Waals surface area contributed by atoms with Gasteiger partial charge in [-0.3, -0.25) is 0 Å². The summed E-state index contributed by atoms with van der Waals surface area (Å²) in [7, 11) is 1.50. The maximum Gasteiger partial charge on any atom is 0.336 e. The van der Waals surface area contributed by atoms with Gasteiger partial charge in [-0.25, -0.2) is 9.78 Å². The number of methoxy groups -OCH3 is 1. The molecule has 16 heavy (non-hydrogen) atoms. The molecule has 0 radical (unpaired) electrons. The molecule has 0 aliphatic heterocycles. The van der Waals surface area contributed by atoms with E-state index in [2.05, 4.69) is 4.98 Å². The molecule has 0 aliphatic carbocycles. The first kappa shape index (κ1) is 10.6. The Balaban J connectivity index is 2.57. The van der Waals surface area contributed by atoms with Gasteiger partial charge in [0.15, 0.2) is 0 Å². The smallest absolute Gasteiger partial charge is 0.336 e. The molecular weight excluding hydrogens is 226 g/mol. The standard InChI is InChI=1S/C11H9NO3S/c1-15-7-2-3-8(9(6-7)11(13)14)10-12-4-5-16-10/h2-6H,1H3,(H,13,14). The molecule has 0 fully saturated rings. The fourth-order valence-electron chi connectivity index (χ4n) is 1.37. The van der Waals surface area contributed by atoms with Gasteiger partial charge >= 0.3 is 5.97 Å². The molecule has 1 aromatic heterocycles. The van der Waals surface area contributed by atoms with Crippen LogP contribution in [-0.4, -0.2) is 23.2 Å². The number of hydrogen-bond acceptors (Lipinski definition) is 4. The number of carboxylic acid groups (broad SMARTS) is 1. The maximum absolute atomic E-state index is 11.1. The molecule has 82 valence electrons. The fraction of sp³-hybridized carbons (Fsp3) is 0.0909. The highest BCUT2D eigenvalue weighted by Gasteiger charge is 2.14. The summed E-state index contributed by atoms with van der Waals surface area (Å²) in [5.41, 5.74) is 0.817. The third kappa shape index (κ3) is 1.90. The third-order valence-corrected chi connectivity index (χ3v) is 2.93. The summed E-state index contributed by atoms with van der Waals surface area (Å²) in [6.45, 7) is 0. The van der Waals surface area contributed by atoms with E-state index in [1.165, 1.54) is 24.5 Å². The van der Waals surface area contributed by atoms with Crippen molar-refractivity contribution in [3.8, 4) is 16.3 Å². The van der Waals surface area contributed by atoms with Crippen molar-refractivity contribution in [3.05, 3.63) is 35.3 Å². The van der Waals surface area contributed by atoms with Crippen LogP contribution in [0.3, 0.4) is 0 Å². The second-order valence-electron chi connectivity index (χ2n) is 3.05. The van der Waals surface area contributed by atoms with Crippen molar-refractivity contribution in [1.29, 1.82) is 0 Å². The van der Waals surface area contributed by atoms with Gasteiger partial charge < -0.3 is 9.84 Å². The number of nitrogens with zero attached hydrogens (tertiary/aromatic N) is 1. The monoisotopic (exact) mass is 235 g/mol. The van der Waals surface area contributed by atoms with Crippen LogP contribution in [0.2, 0.25) is 0 Å². The van der Waals surface area contributed by atoms with E-state index in [0.29, 0.717) is 16.3 Å². The number of hydrogen-bond donors (Lipinski definition) is 1. The summed E-state index contributed by atoms with van der Waals surface area (Å²) in [5.74, 6) is -0.457. The average Bonchev–Trinajstić information content (AvgIpc) is 2.81. The highest BCUT2D eigenvalue weighted by Crippen LogP contribution is 2.28. The second kappa shape index (κ2) is 4.32. The zero-order chi connectivity index (χ0) is 11.5. The molecule has 0 atom stereocenters. The molecule has 4 nitrogen and oxygen atoms in total. The number of benzene rings is 1. The first-order valence-corrected chi connectivity index (χ1v) is 5.41. The Bertz CT molecular complexity index is 508. The van der Waals surface area contributed by atoms with Gasteiger partial charge in [-0.1, -0.05) is 0 Å². The van der Waals surface area contributed by atoms with E-state index in [1.807, 2.05) is 5.38 Å². The minimum atomic E-state index is -0.982. The predicted molar refractivity (Wildman–Crippen MR) is 61.1 cm³/mol. The van der Waals surface area contributed by atoms with E-state index in [0.717, 1.165) is 0 Å². The predicted octanol–water partition coefficient (Wildman–Crippen LogP) is 2.52. The summed E-state index contributed by atoms with van der Waals surface area (Å²) in [5, 5.41) is 11.6. The zero-order valence-electron chi connectivity index (χ0n) is 8.51. The van der Waals surface area contributed by atoms with Crippen LogP contribution in [0.5, 0.6) is 5.75 Å². The number of aromatic carboxylic acids is 1. The number of carboxylic acids is 1. The Kier molecular flexibility index (Phi) is 2.87. The molecule has 1 aromatic carbocycles. The summed E-state index contributed by atoms with van der Waals surface area (Å²) in [4.78, 5) is 15.2. The highest BCUT2D eigenvalue weighted by atomic mass is 32.1. The van der Waals surface area contributed by atoms with Crippen molar-refractivity contribution in [2.24, 2.45) is 0 Å². The molecule has 0 bridgehead atoms. The van der Waals surface area contributed by atoms with E-state index in [1.54, 1.807) is 18.3 Å².